The fourth-order valence-electron chi connectivity index (χ4n) is 2.91. The third-order valence-electron chi connectivity index (χ3n) is 4.16. The van der Waals surface area contributed by atoms with E-state index in [0.29, 0.717) is 12.0 Å². The molecule has 2 aromatic rings. The largest absolute Gasteiger partial charge is 0.394 e. The Kier molecular flexibility index (Phi) is 3.85. The summed E-state index contributed by atoms with van der Waals surface area (Å²) in [4.78, 5) is 0. The Morgan fingerprint density at radius 3 is 2.70 bits per heavy atom. The van der Waals surface area contributed by atoms with Gasteiger partial charge in [0.05, 0.1) is 18.8 Å². The molecule has 1 aromatic heterocycles. The molecule has 0 spiro atoms. The molecule has 106 valence electrons. The van der Waals surface area contributed by atoms with Crippen LogP contribution in [0.4, 0.5) is 0 Å². The highest BCUT2D eigenvalue weighted by Gasteiger charge is 2.31. The molecule has 3 rings (SSSR count). The second-order valence-electron chi connectivity index (χ2n) is 5.63. The van der Waals surface area contributed by atoms with Gasteiger partial charge in [-0.1, -0.05) is 30.3 Å². The van der Waals surface area contributed by atoms with Crippen molar-refractivity contribution in [2.45, 2.75) is 30.8 Å². The summed E-state index contributed by atoms with van der Waals surface area (Å²) < 4.78 is 1.77. The van der Waals surface area contributed by atoms with Crippen molar-refractivity contribution in [3.63, 3.8) is 0 Å². The second-order valence-corrected chi connectivity index (χ2v) is 5.63. The zero-order valence-electron chi connectivity index (χ0n) is 11.7. The van der Waals surface area contributed by atoms with Crippen LogP contribution in [-0.2, 0) is 7.05 Å². The number of aromatic nitrogens is 2. The molecule has 1 atom stereocenters. The third kappa shape index (κ3) is 2.76. The van der Waals surface area contributed by atoms with Crippen molar-refractivity contribution >= 4 is 0 Å². The maximum atomic E-state index is 9.54. The summed E-state index contributed by atoms with van der Waals surface area (Å²) in [6, 6.07) is 11.1. The third-order valence-corrected chi connectivity index (χ3v) is 4.16. The van der Waals surface area contributed by atoms with Crippen LogP contribution in [0.5, 0.6) is 0 Å². The fraction of sp³-hybridized carbons (Fsp3) is 0.438. The van der Waals surface area contributed by atoms with Gasteiger partial charge < -0.3 is 10.4 Å². The van der Waals surface area contributed by atoms with Crippen molar-refractivity contribution in [3.8, 4) is 0 Å². The van der Waals surface area contributed by atoms with Crippen LogP contribution in [0.15, 0.2) is 42.7 Å². The number of aryl methyl sites for hydroxylation is 1. The molecule has 1 aromatic carbocycles. The van der Waals surface area contributed by atoms with Gasteiger partial charge >= 0.3 is 0 Å². The molecule has 0 saturated heterocycles. The first kappa shape index (κ1) is 13.3. The van der Waals surface area contributed by atoms with Crippen LogP contribution in [0.25, 0.3) is 0 Å². The zero-order valence-corrected chi connectivity index (χ0v) is 11.7. The van der Waals surface area contributed by atoms with E-state index >= 15 is 0 Å². The van der Waals surface area contributed by atoms with Gasteiger partial charge in [0.15, 0.2) is 0 Å². The monoisotopic (exact) mass is 271 g/mol. The Hall–Kier alpha value is -1.65. The van der Waals surface area contributed by atoms with Crippen molar-refractivity contribution < 1.29 is 5.11 Å². The molecule has 20 heavy (non-hydrogen) atoms. The lowest BCUT2D eigenvalue weighted by atomic mass is 9.75. The number of aliphatic hydroxyl groups is 1. The average Bonchev–Trinajstić information content (AvgIpc) is 2.85. The molecule has 2 N–H and O–H groups in total. The van der Waals surface area contributed by atoms with E-state index in [1.807, 2.05) is 19.4 Å². The van der Waals surface area contributed by atoms with E-state index in [0.717, 1.165) is 18.4 Å². The van der Waals surface area contributed by atoms with Crippen LogP contribution in [0.2, 0.25) is 0 Å². The quantitative estimate of drug-likeness (QED) is 0.874. The molecule has 0 amide bonds. The van der Waals surface area contributed by atoms with E-state index in [1.165, 1.54) is 5.56 Å². The standard InChI is InChI=1S/C16H21N3O/c1-19-10-14(9-17-19)16(11-20)18-15-7-13(8-15)12-5-3-2-4-6-12/h2-6,9-10,13,15-16,18,20H,7-8,11H2,1H3/t13?,15?,16-/m0/s1. The van der Waals surface area contributed by atoms with Crippen LogP contribution in [0.3, 0.4) is 0 Å². The Bertz CT molecular complexity index is 546. The predicted molar refractivity (Wildman–Crippen MR) is 78.4 cm³/mol. The van der Waals surface area contributed by atoms with Gasteiger partial charge in [-0.2, -0.15) is 5.10 Å². The van der Waals surface area contributed by atoms with Gasteiger partial charge in [-0.05, 0) is 24.3 Å². The highest BCUT2D eigenvalue weighted by atomic mass is 16.3. The van der Waals surface area contributed by atoms with Crippen molar-refractivity contribution in [1.29, 1.82) is 0 Å². The van der Waals surface area contributed by atoms with Gasteiger partial charge in [-0.3, -0.25) is 4.68 Å². The molecular formula is C16H21N3O. The minimum Gasteiger partial charge on any atom is -0.394 e. The maximum Gasteiger partial charge on any atom is 0.0627 e. The fourth-order valence-corrected chi connectivity index (χ4v) is 2.91. The van der Waals surface area contributed by atoms with E-state index in [4.69, 9.17) is 0 Å². The normalized spacial score (nSPS) is 23.3. The number of nitrogens with one attached hydrogen (secondary N) is 1. The molecule has 0 aliphatic heterocycles. The van der Waals surface area contributed by atoms with Gasteiger partial charge in [-0.15, -0.1) is 0 Å². The summed E-state index contributed by atoms with van der Waals surface area (Å²) in [7, 11) is 1.90. The van der Waals surface area contributed by atoms with Crippen LogP contribution in [0.1, 0.15) is 35.9 Å². The Morgan fingerprint density at radius 1 is 1.35 bits per heavy atom. The Morgan fingerprint density at radius 2 is 2.10 bits per heavy atom. The van der Waals surface area contributed by atoms with Gasteiger partial charge in [0.1, 0.15) is 0 Å². The molecule has 4 heteroatoms. The highest BCUT2D eigenvalue weighted by Crippen LogP contribution is 2.37. The number of hydrogen-bond acceptors (Lipinski definition) is 3. The lowest BCUT2D eigenvalue weighted by Gasteiger charge is -2.38. The van der Waals surface area contributed by atoms with Crippen molar-refractivity contribution in [2.24, 2.45) is 7.05 Å². The van der Waals surface area contributed by atoms with Gasteiger partial charge in [-0.25, -0.2) is 0 Å². The average molecular weight is 271 g/mol. The molecule has 4 nitrogen and oxygen atoms in total. The van der Waals surface area contributed by atoms with Crippen molar-refractivity contribution in [1.82, 2.24) is 15.1 Å². The first-order valence-corrected chi connectivity index (χ1v) is 7.16. The summed E-state index contributed by atoms with van der Waals surface area (Å²) in [5.41, 5.74) is 2.48. The van der Waals surface area contributed by atoms with Gasteiger partial charge in [0.2, 0.25) is 0 Å². The summed E-state index contributed by atoms with van der Waals surface area (Å²) >= 11 is 0. The first-order chi connectivity index (χ1) is 9.76. The smallest absolute Gasteiger partial charge is 0.0627 e. The number of rotatable bonds is 5. The Balaban J connectivity index is 1.55. The molecule has 1 heterocycles. The molecule has 0 radical (unpaired) electrons. The number of hydrogen-bond donors (Lipinski definition) is 2. The van der Waals surface area contributed by atoms with Gasteiger partial charge in [0, 0.05) is 24.8 Å². The number of benzene rings is 1. The second kappa shape index (κ2) is 5.77. The van der Waals surface area contributed by atoms with Crippen LogP contribution >= 0.6 is 0 Å². The Labute approximate surface area is 119 Å². The lowest BCUT2D eigenvalue weighted by molar-refractivity contribution is 0.197. The maximum absolute atomic E-state index is 9.54. The van der Waals surface area contributed by atoms with E-state index < -0.39 is 0 Å². The van der Waals surface area contributed by atoms with Gasteiger partial charge in [0.25, 0.3) is 0 Å². The highest BCUT2D eigenvalue weighted by molar-refractivity contribution is 5.23. The summed E-state index contributed by atoms with van der Waals surface area (Å²) in [5, 5.41) is 17.2. The summed E-state index contributed by atoms with van der Waals surface area (Å²) in [5.74, 6) is 0.655. The van der Waals surface area contributed by atoms with Crippen LogP contribution < -0.4 is 5.32 Å². The molecule has 0 unspecified atom stereocenters. The molecule has 1 saturated carbocycles. The van der Waals surface area contributed by atoms with Crippen LogP contribution in [-0.4, -0.2) is 27.5 Å². The number of nitrogens with zero attached hydrogens (tertiary/aromatic N) is 2. The molecule has 1 aliphatic rings. The molecule has 1 aliphatic carbocycles. The zero-order chi connectivity index (χ0) is 13.9. The summed E-state index contributed by atoms with van der Waals surface area (Å²) in [6.07, 6.45) is 6.06. The topological polar surface area (TPSA) is 50.1 Å². The molecular weight excluding hydrogens is 250 g/mol. The number of aliphatic hydroxyl groups excluding tert-OH is 1. The SMILES string of the molecule is Cn1cc([C@H](CO)NC2CC(c3ccccc3)C2)cn1. The van der Waals surface area contributed by atoms with E-state index in [2.05, 4.69) is 40.7 Å². The van der Waals surface area contributed by atoms with Crippen molar-refractivity contribution in [3.05, 3.63) is 53.9 Å². The lowest BCUT2D eigenvalue weighted by Crippen LogP contribution is -2.43. The predicted octanol–water partition coefficient (Wildman–Crippen LogP) is 1.99. The van der Waals surface area contributed by atoms with Crippen LogP contribution in [0, 0.1) is 0 Å². The molecule has 0 bridgehead atoms. The van der Waals surface area contributed by atoms with E-state index in [9.17, 15) is 5.11 Å². The van der Waals surface area contributed by atoms with E-state index in [1.54, 1.807) is 4.68 Å². The minimum atomic E-state index is -0.00887. The summed E-state index contributed by atoms with van der Waals surface area (Å²) in [6.45, 7) is 0.109. The van der Waals surface area contributed by atoms with Crippen molar-refractivity contribution in [2.75, 3.05) is 6.61 Å². The molecule has 1 fully saturated rings. The van der Waals surface area contributed by atoms with E-state index in [-0.39, 0.29) is 12.6 Å². The minimum absolute atomic E-state index is 0.00887. The first-order valence-electron chi connectivity index (χ1n) is 7.16.